The van der Waals surface area contributed by atoms with E-state index >= 15 is 0 Å². The van der Waals surface area contributed by atoms with Gasteiger partial charge >= 0.3 is 0 Å². The molecule has 1 rings (SSSR count). The molecule has 6 nitrogen and oxygen atoms in total. The van der Waals surface area contributed by atoms with Crippen LogP contribution in [-0.2, 0) is 4.79 Å². The second kappa shape index (κ2) is 2.93. The van der Waals surface area contributed by atoms with Crippen LogP contribution in [0.5, 0.6) is 0 Å². The Bertz CT molecular complexity index is 307. The highest BCUT2D eigenvalue weighted by Crippen LogP contribution is 1.90. The van der Waals surface area contributed by atoms with Crippen LogP contribution in [0.1, 0.15) is 0 Å². The van der Waals surface area contributed by atoms with E-state index < -0.39 is 5.56 Å². The van der Waals surface area contributed by atoms with Gasteiger partial charge in [-0.15, -0.1) is 0 Å². The van der Waals surface area contributed by atoms with Gasteiger partial charge in [0.1, 0.15) is 0 Å². The maximum Gasteiger partial charge on any atom is 0.292 e. The molecule has 3 N–H and O–H groups in total. The number of hydrogen-bond donors (Lipinski definition) is 2. The quantitative estimate of drug-likeness (QED) is 0.237. The molecule has 0 spiro atoms. The van der Waals surface area contributed by atoms with Crippen molar-refractivity contribution < 1.29 is 4.79 Å². The van der Waals surface area contributed by atoms with Crippen molar-refractivity contribution in [3.05, 3.63) is 22.7 Å². The van der Waals surface area contributed by atoms with Crippen LogP contribution in [0, 0.1) is 0 Å². The van der Waals surface area contributed by atoms with E-state index in [9.17, 15) is 9.59 Å². The Balaban J connectivity index is 3.13. The molecule has 1 amide bonds. The van der Waals surface area contributed by atoms with Gasteiger partial charge in [-0.05, 0) is 0 Å². The minimum absolute atomic E-state index is 0.123. The Hall–Kier alpha value is -1.69. The van der Waals surface area contributed by atoms with Gasteiger partial charge in [-0.2, -0.15) is 0 Å². The monoisotopic (exact) mass is 154 g/mol. The van der Waals surface area contributed by atoms with E-state index in [4.69, 9.17) is 5.84 Å². The summed E-state index contributed by atoms with van der Waals surface area (Å²) < 4.78 is 0. The van der Waals surface area contributed by atoms with Gasteiger partial charge in [0.15, 0.2) is 0 Å². The van der Waals surface area contributed by atoms with Crippen LogP contribution in [0.15, 0.2) is 17.2 Å². The maximum atomic E-state index is 10.8. The fourth-order valence-electron chi connectivity index (χ4n) is 0.578. The van der Waals surface area contributed by atoms with E-state index in [0.29, 0.717) is 11.4 Å². The highest BCUT2D eigenvalue weighted by molar-refractivity contribution is 5.70. The third-order valence-corrected chi connectivity index (χ3v) is 1.05. The number of nitrogens with two attached hydrogens (primary N) is 1. The summed E-state index contributed by atoms with van der Waals surface area (Å²) in [7, 11) is 0. The largest absolute Gasteiger partial charge is 0.324 e. The van der Waals surface area contributed by atoms with E-state index in [2.05, 4.69) is 9.97 Å². The molecular formula is C5H6N4O2. The first-order valence-corrected chi connectivity index (χ1v) is 2.78. The third-order valence-electron chi connectivity index (χ3n) is 1.05. The fraction of sp³-hybridized carbons (Fsp3) is 0. The summed E-state index contributed by atoms with van der Waals surface area (Å²) in [5.74, 6) is 4.96. The zero-order valence-corrected chi connectivity index (χ0v) is 5.52. The Labute approximate surface area is 61.6 Å². The Kier molecular flexibility index (Phi) is 1.98. The van der Waals surface area contributed by atoms with Crippen LogP contribution in [0.2, 0.25) is 0 Å². The van der Waals surface area contributed by atoms with E-state index in [-0.39, 0.29) is 5.82 Å². The zero-order valence-electron chi connectivity index (χ0n) is 5.52. The molecule has 0 radical (unpaired) electrons. The molecule has 1 aromatic heterocycles. The van der Waals surface area contributed by atoms with Gasteiger partial charge in [0.25, 0.3) is 5.56 Å². The van der Waals surface area contributed by atoms with Crippen molar-refractivity contribution >= 4 is 12.2 Å². The van der Waals surface area contributed by atoms with E-state index in [1.807, 2.05) is 0 Å². The standard InChI is InChI=1S/C5H6N4O2/c6-9(3-10)4-5(11)8-2-1-7-4/h1-3H,6H2,(H,8,11). The Morgan fingerprint density at radius 1 is 1.73 bits per heavy atom. The minimum atomic E-state index is -0.498. The highest BCUT2D eigenvalue weighted by atomic mass is 16.2. The van der Waals surface area contributed by atoms with Gasteiger partial charge in [0.2, 0.25) is 12.2 Å². The lowest BCUT2D eigenvalue weighted by atomic mass is 10.6. The van der Waals surface area contributed by atoms with Gasteiger partial charge < -0.3 is 4.98 Å². The fourth-order valence-corrected chi connectivity index (χ4v) is 0.578. The number of aromatic nitrogens is 2. The van der Waals surface area contributed by atoms with Crippen molar-refractivity contribution in [2.45, 2.75) is 0 Å². The molecule has 0 unspecified atom stereocenters. The van der Waals surface area contributed by atoms with Crippen LogP contribution < -0.4 is 16.4 Å². The van der Waals surface area contributed by atoms with Crippen LogP contribution in [0.3, 0.4) is 0 Å². The SMILES string of the molecule is NN(C=O)c1ncc[nH]c1=O. The predicted octanol–water partition coefficient (Wildman–Crippen LogP) is -1.39. The molecule has 0 bridgehead atoms. The van der Waals surface area contributed by atoms with Crippen molar-refractivity contribution in [1.82, 2.24) is 9.97 Å². The molecule has 0 aliphatic carbocycles. The molecule has 1 heterocycles. The van der Waals surface area contributed by atoms with Crippen LogP contribution in [0.25, 0.3) is 0 Å². The molecule has 0 saturated carbocycles. The first kappa shape index (κ1) is 7.42. The molecular weight excluding hydrogens is 148 g/mol. The number of amides is 1. The second-order valence-electron chi connectivity index (χ2n) is 1.75. The summed E-state index contributed by atoms with van der Waals surface area (Å²) in [6.07, 6.45) is 2.99. The first-order chi connectivity index (χ1) is 5.25. The van der Waals surface area contributed by atoms with E-state index in [0.717, 1.165) is 0 Å². The van der Waals surface area contributed by atoms with Crippen LogP contribution in [0.4, 0.5) is 5.82 Å². The third kappa shape index (κ3) is 1.41. The Morgan fingerprint density at radius 3 is 3.00 bits per heavy atom. The number of anilines is 1. The lowest BCUT2D eigenvalue weighted by Crippen LogP contribution is -2.34. The molecule has 0 aromatic carbocycles. The number of nitrogens with one attached hydrogen (secondary N) is 1. The smallest absolute Gasteiger partial charge is 0.292 e. The number of nitrogens with zero attached hydrogens (tertiary/aromatic N) is 2. The van der Waals surface area contributed by atoms with Crippen molar-refractivity contribution in [2.24, 2.45) is 5.84 Å². The number of aromatic amines is 1. The molecule has 0 atom stereocenters. The molecule has 0 aliphatic rings. The lowest BCUT2D eigenvalue weighted by molar-refractivity contribution is -0.107. The molecule has 1 aromatic rings. The zero-order chi connectivity index (χ0) is 8.27. The summed E-state index contributed by atoms with van der Waals surface area (Å²) in [5.41, 5.74) is -0.498. The summed E-state index contributed by atoms with van der Waals surface area (Å²) in [4.78, 5) is 26.8. The number of H-pyrrole nitrogens is 1. The first-order valence-electron chi connectivity index (χ1n) is 2.78. The van der Waals surface area contributed by atoms with Crippen LogP contribution in [-0.4, -0.2) is 16.4 Å². The average Bonchev–Trinajstić information content (AvgIpc) is 2.04. The summed E-state index contributed by atoms with van der Waals surface area (Å²) >= 11 is 0. The molecule has 0 fully saturated rings. The summed E-state index contributed by atoms with van der Waals surface area (Å²) in [6.45, 7) is 0. The number of rotatable bonds is 2. The summed E-state index contributed by atoms with van der Waals surface area (Å²) in [6, 6.07) is 0. The molecule has 0 saturated heterocycles. The molecule has 6 heteroatoms. The number of carbonyl (C=O) groups is 1. The second-order valence-corrected chi connectivity index (χ2v) is 1.75. The van der Waals surface area contributed by atoms with Crippen LogP contribution >= 0.6 is 0 Å². The van der Waals surface area contributed by atoms with Gasteiger partial charge in [-0.25, -0.2) is 15.8 Å². The number of carbonyl (C=O) groups excluding carboxylic acids is 1. The average molecular weight is 154 g/mol. The van der Waals surface area contributed by atoms with Gasteiger partial charge in [-0.1, -0.05) is 0 Å². The van der Waals surface area contributed by atoms with Crippen molar-refractivity contribution in [3.8, 4) is 0 Å². The maximum absolute atomic E-state index is 10.8. The number of hydrogen-bond acceptors (Lipinski definition) is 4. The van der Waals surface area contributed by atoms with Gasteiger partial charge in [0.05, 0.1) is 0 Å². The summed E-state index contributed by atoms with van der Waals surface area (Å²) in [5, 5.41) is 0.610. The molecule has 11 heavy (non-hydrogen) atoms. The molecule has 0 aliphatic heterocycles. The van der Waals surface area contributed by atoms with Crippen molar-refractivity contribution in [2.75, 3.05) is 5.01 Å². The topological polar surface area (TPSA) is 92.1 Å². The van der Waals surface area contributed by atoms with Gasteiger partial charge in [0, 0.05) is 12.4 Å². The van der Waals surface area contributed by atoms with Gasteiger partial charge in [-0.3, -0.25) is 9.59 Å². The molecule has 58 valence electrons. The minimum Gasteiger partial charge on any atom is -0.324 e. The number of hydrazine groups is 1. The van der Waals surface area contributed by atoms with Crippen molar-refractivity contribution in [3.63, 3.8) is 0 Å². The lowest BCUT2D eigenvalue weighted by Gasteiger charge is -2.05. The highest BCUT2D eigenvalue weighted by Gasteiger charge is 2.04. The van der Waals surface area contributed by atoms with E-state index in [1.54, 1.807) is 0 Å². The predicted molar refractivity (Wildman–Crippen MR) is 37.6 cm³/mol. The normalized spacial score (nSPS) is 9.18. The van der Waals surface area contributed by atoms with Crippen molar-refractivity contribution in [1.29, 1.82) is 0 Å². The van der Waals surface area contributed by atoms with E-state index in [1.165, 1.54) is 12.4 Å². The Morgan fingerprint density at radius 2 is 2.45 bits per heavy atom.